The number of carbonyl (C=O) groups excluding carboxylic acids is 1. The van der Waals surface area contributed by atoms with Crippen molar-refractivity contribution in [1.29, 1.82) is 0 Å². The first-order valence-electron chi connectivity index (χ1n) is 3.22. The summed E-state index contributed by atoms with van der Waals surface area (Å²) in [5, 5.41) is 0.229. The average molecular weight is 143 g/mol. The largest absolute Gasteiger partial charge is 0.333 e. The van der Waals surface area contributed by atoms with E-state index in [4.69, 9.17) is 0 Å². The van der Waals surface area contributed by atoms with Crippen molar-refractivity contribution >= 4 is 19.0 Å². The summed E-state index contributed by atoms with van der Waals surface area (Å²) in [6.45, 7) is 0.947. The van der Waals surface area contributed by atoms with Crippen LogP contribution in [0, 0.1) is 11.8 Å². The molecule has 1 saturated carbocycles. The molecule has 2 nitrogen and oxygen atoms in total. The molecule has 1 amide bonds. The maximum Gasteiger partial charge on any atom is 0.210 e. The van der Waals surface area contributed by atoms with E-state index in [9.17, 15) is 4.79 Å². The van der Waals surface area contributed by atoms with Crippen molar-refractivity contribution in [1.82, 2.24) is 4.90 Å². The van der Waals surface area contributed by atoms with Crippen LogP contribution in [0.25, 0.3) is 0 Å². The minimum atomic E-state index is 0.229. The molecule has 3 atom stereocenters. The van der Waals surface area contributed by atoms with Crippen molar-refractivity contribution in [3.8, 4) is 0 Å². The van der Waals surface area contributed by atoms with Crippen LogP contribution < -0.4 is 0 Å². The number of amides is 1. The molecule has 1 aliphatic heterocycles. The van der Waals surface area contributed by atoms with Gasteiger partial charge in [-0.2, -0.15) is 12.6 Å². The SMILES string of the molecule is O=CN1CC2CC2C1S. The normalized spacial score (nSPS) is 46.8. The van der Waals surface area contributed by atoms with Gasteiger partial charge in [0.15, 0.2) is 0 Å². The van der Waals surface area contributed by atoms with Crippen molar-refractivity contribution in [3.63, 3.8) is 0 Å². The number of hydrogen-bond donors (Lipinski definition) is 1. The Balaban J connectivity index is 2.07. The first kappa shape index (κ1) is 5.59. The smallest absolute Gasteiger partial charge is 0.210 e. The molecule has 0 spiro atoms. The van der Waals surface area contributed by atoms with Crippen molar-refractivity contribution in [2.24, 2.45) is 11.8 Å². The Morgan fingerprint density at radius 2 is 2.44 bits per heavy atom. The van der Waals surface area contributed by atoms with E-state index in [1.165, 1.54) is 6.42 Å². The number of hydrogen-bond acceptors (Lipinski definition) is 2. The summed E-state index contributed by atoms with van der Waals surface area (Å²) in [5.74, 6) is 1.51. The van der Waals surface area contributed by atoms with Gasteiger partial charge in [0, 0.05) is 6.54 Å². The van der Waals surface area contributed by atoms with Gasteiger partial charge in [0.1, 0.15) is 0 Å². The van der Waals surface area contributed by atoms with E-state index in [-0.39, 0.29) is 5.37 Å². The average Bonchev–Trinajstić information content (AvgIpc) is 2.55. The minimum Gasteiger partial charge on any atom is -0.333 e. The molecule has 0 radical (unpaired) electrons. The first-order valence-corrected chi connectivity index (χ1v) is 3.73. The van der Waals surface area contributed by atoms with Crippen LogP contribution >= 0.6 is 12.6 Å². The van der Waals surface area contributed by atoms with Crippen LogP contribution in [0.4, 0.5) is 0 Å². The first-order chi connectivity index (χ1) is 4.33. The number of carbonyl (C=O) groups is 1. The zero-order valence-electron chi connectivity index (χ0n) is 5.03. The van der Waals surface area contributed by atoms with Gasteiger partial charge in [-0.15, -0.1) is 0 Å². The lowest BCUT2D eigenvalue weighted by Gasteiger charge is -2.16. The standard InChI is InChI=1S/C6H9NOS/c8-3-7-2-4-1-5(4)6(7)9/h3-6,9H,1-2H2. The van der Waals surface area contributed by atoms with E-state index in [0.29, 0.717) is 0 Å². The van der Waals surface area contributed by atoms with Crippen molar-refractivity contribution in [2.75, 3.05) is 6.54 Å². The lowest BCUT2D eigenvalue weighted by molar-refractivity contribution is -0.118. The molecule has 0 aromatic rings. The second-order valence-corrected chi connectivity index (χ2v) is 3.40. The molecule has 0 aromatic heterocycles. The number of thiol groups is 1. The topological polar surface area (TPSA) is 20.3 Å². The lowest BCUT2D eigenvalue weighted by atomic mass is 10.4. The Hall–Kier alpha value is -0.180. The van der Waals surface area contributed by atoms with Crippen LogP contribution in [0.15, 0.2) is 0 Å². The van der Waals surface area contributed by atoms with Gasteiger partial charge in [-0.1, -0.05) is 0 Å². The van der Waals surface area contributed by atoms with Crippen LogP contribution in [-0.2, 0) is 4.79 Å². The molecular formula is C6H9NOS. The zero-order chi connectivity index (χ0) is 6.43. The highest BCUT2D eigenvalue weighted by molar-refractivity contribution is 7.80. The molecule has 1 aliphatic carbocycles. The molecule has 3 heteroatoms. The quantitative estimate of drug-likeness (QED) is 0.415. The third-order valence-corrected chi connectivity index (χ3v) is 2.96. The molecule has 0 N–H and O–H groups in total. The Labute approximate surface area is 59.6 Å². The fraction of sp³-hybridized carbons (Fsp3) is 0.833. The summed E-state index contributed by atoms with van der Waals surface area (Å²) in [6.07, 6.45) is 2.20. The maximum atomic E-state index is 10.3. The number of nitrogens with zero attached hydrogens (tertiary/aromatic N) is 1. The molecule has 0 aromatic carbocycles. The van der Waals surface area contributed by atoms with Gasteiger partial charge in [-0.3, -0.25) is 4.79 Å². The van der Waals surface area contributed by atoms with Gasteiger partial charge in [0.25, 0.3) is 0 Å². The fourth-order valence-electron chi connectivity index (χ4n) is 1.58. The predicted molar refractivity (Wildman–Crippen MR) is 37.1 cm³/mol. The molecular weight excluding hydrogens is 134 g/mol. The predicted octanol–water partition coefficient (Wildman–Crippen LogP) is 0.350. The molecule has 9 heavy (non-hydrogen) atoms. The van der Waals surface area contributed by atoms with Crippen LogP contribution in [0.3, 0.4) is 0 Å². The second kappa shape index (κ2) is 1.66. The zero-order valence-corrected chi connectivity index (χ0v) is 5.92. The Bertz CT molecular complexity index is 150. The summed E-state index contributed by atoms with van der Waals surface area (Å²) in [7, 11) is 0. The summed E-state index contributed by atoms with van der Waals surface area (Å²) in [5.41, 5.74) is 0. The number of rotatable bonds is 1. The number of piperidine rings is 1. The van der Waals surface area contributed by atoms with E-state index in [1.54, 1.807) is 4.90 Å². The molecule has 3 unspecified atom stereocenters. The van der Waals surface area contributed by atoms with Gasteiger partial charge in [0.2, 0.25) is 6.41 Å². The maximum absolute atomic E-state index is 10.3. The van der Waals surface area contributed by atoms with Gasteiger partial charge >= 0.3 is 0 Å². The van der Waals surface area contributed by atoms with E-state index in [1.807, 2.05) is 0 Å². The highest BCUT2D eigenvalue weighted by atomic mass is 32.1. The van der Waals surface area contributed by atoms with Crippen molar-refractivity contribution in [2.45, 2.75) is 11.8 Å². The van der Waals surface area contributed by atoms with Crippen LogP contribution in [0.5, 0.6) is 0 Å². The fourth-order valence-corrected chi connectivity index (χ4v) is 2.09. The monoisotopic (exact) mass is 143 g/mol. The Morgan fingerprint density at radius 3 is 2.78 bits per heavy atom. The third-order valence-electron chi connectivity index (χ3n) is 2.28. The van der Waals surface area contributed by atoms with Gasteiger partial charge in [0.05, 0.1) is 5.37 Å². The molecule has 2 aliphatic rings. The van der Waals surface area contributed by atoms with Crippen LogP contribution in [0.2, 0.25) is 0 Å². The van der Waals surface area contributed by atoms with Gasteiger partial charge in [-0.25, -0.2) is 0 Å². The van der Waals surface area contributed by atoms with Crippen LogP contribution in [0.1, 0.15) is 6.42 Å². The number of likely N-dealkylation sites (tertiary alicyclic amines) is 1. The lowest BCUT2D eigenvalue weighted by Crippen LogP contribution is -2.27. The summed E-state index contributed by atoms with van der Waals surface area (Å²) < 4.78 is 0. The third kappa shape index (κ3) is 0.674. The second-order valence-electron chi connectivity index (χ2n) is 2.88. The van der Waals surface area contributed by atoms with Crippen LogP contribution in [-0.4, -0.2) is 23.2 Å². The van der Waals surface area contributed by atoms with E-state index in [0.717, 1.165) is 24.8 Å². The van der Waals surface area contributed by atoms with Gasteiger partial charge < -0.3 is 4.90 Å². The minimum absolute atomic E-state index is 0.229. The van der Waals surface area contributed by atoms with E-state index < -0.39 is 0 Å². The molecule has 1 heterocycles. The summed E-state index contributed by atoms with van der Waals surface area (Å²) in [6, 6.07) is 0. The summed E-state index contributed by atoms with van der Waals surface area (Å²) in [4.78, 5) is 12.0. The van der Waals surface area contributed by atoms with E-state index in [2.05, 4.69) is 12.6 Å². The van der Waals surface area contributed by atoms with Crippen molar-refractivity contribution in [3.05, 3.63) is 0 Å². The Morgan fingerprint density at radius 1 is 1.67 bits per heavy atom. The molecule has 2 fully saturated rings. The highest BCUT2D eigenvalue weighted by Gasteiger charge is 2.50. The van der Waals surface area contributed by atoms with Gasteiger partial charge in [-0.05, 0) is 18.3 Å². The highest BCUT2D eigenvalue weighted by Crippen LogP contribution is 2.49. The molecule has 1 saturated heterocycles. The molecule has 50 valence electrons. The Kier molecular flexibility index (Phi) is 1.03. The molecule has 2 rings (SSSR count). The molecule has 0 bridgehead atoms. The van der Waals surface area contributed by atoms with Crippen molar-refractivity contribution < 1.29 is 4.79 Å². The number of fused-ring (bicyclic) bond motifs is 1. The van der Waals surface area contributed by atoms with E-state index >= 15 is 0 Å². The summed E-state index contributed by atoms with van der Waals surface area (Å²) >= 11 is 4.30.